The first-order valence-corrected chi connectivity index (χ1v) is 30.0. The van der Waals surface area contributed by atoms with Crippen LogP contribution < -0.4 is 31.3 Å². The molecule has 6 N–H and O–H groups in total. The minimum atomic E-state index is -0.971. The van der Waals surface area contributed by atoms with Crippen molar-refractivity contribution < 1.29 is 52.0 Å². The second kappa shape index (κ2) is 29.2. The number of fused-ring (bicyclic) bond motifs is 2. The summed E-state index contributed by atoms with van der Waals surface area (Å²) < 4.78 is 54.9. The first-order chi connectivity index (χ1) is 40.7. The Morgan fingerprint density at radius 1 is 0.833 bits per heavy atom. The number of ether oxygens (including phenoxy) is 4. The number of nitrogens with one attached hydrogen (secondary N) is 3. The van der Waals surface area contributed by atoms with Gasteiger partial charge in [0.05, 0.1) is 68.0 Å². The number of aromatic nitrogens is 3. The number of amides is 5. The number of phenols is 1. The van der Waals surface area contributed by atoms with Crippen molar-refractivity contribution in [3.8, 4) is 33.9 Å². The maximum atomic E-state index is 16.5. The fraction of sp³-hybridized carbons (Fsp3) is 0.483. The number of carbonyl (C=O) groups excluding carboxylic acids is 4. The van der Waals surface area contributed by atoms with Crippen LogP contribution in [0.3, 0.4) is 0 Å². The molecular formula is C60H74ClF2N11O9S. The smallest absolute Gasteiger partial charge is 0.314 e. The monoisotopic (exact) mass is 1200 g/mol. The summed E-state index contributed by atoms with van der Waals surface area (Å²) in [6, 6.07) is 15.4. The molecule has 24 heteroatoms. The lowest BCUT2D eigenvalue weighted by Gasteiger charge is -2.35. The number of urea groups is 1. The maximum Gasteiger partial charge on any atom is 0.314 e. The van der Waals surface area contributed by atoms with E-state index in [9.17, 15) is 24.3 Å². The predicted octanol–water partition coefficient (Wildman–Crippen LogP) is 8.14. The van der Waals surface area contributed by atoms with Gasteiger partial charge in [-0.2, -0.15) is 4.98 Å². The average Bonchev–Trinajstić information content (AvgIpc) is 1.68. The number of nitrogens with two attached hydrogens (primary N) is 1. The normalized spacial score (nSPS) is 16.5. The molecule has 0 radical (unpaired) electrons. The van der Waals surface area contributed by atoms with Crippen molar-refractivity contribution in [3.05, 3.63) is 87.7 Å². The maximum absolute atomic E-state index is 16.5. The molecule has 4 aromatic carbocycles. The Balaban J connectivity index is 0.685. The Bertz CT molecular complexity index is 3250. The fourth-order valence-electron chi connectivity index (χ4n) is 11.1. The number of likely N-dealkylation sites (N-methyl/N-ethyl adjacent to an activating group) is 2. The molecule has 2 aliphatic heterocycles. The molecule has 3 atom stereocenters. The largest absolute Gasteiger partial charge is 0.507 e. The Kier molecular flexibility index (Phi) is 21.4. The summed E-state index contributed by atoms with van der Waals surface area (Å²) >= 11 is 8.14. The van der Waals surface area contributed by atoms with Crippen LogP contribution in [0.5, 0.6) is 11.5 Å². The molecule has 6 aromatic rings. The molecular weight excluding hydrogens is 1120 g/mol. The number of hydrogen-bond donors (Lipinski definition) is 5. The van der Waals surface area contributed by atoms with Crippen LogP contribution in [0.1, 0.15) is 69.3 Å². The summed E-state index contributed by atoms with van der Waals surface area (Å²) in [5.74, 6) is -1.54. The van der Waals surface area contributed by atoms with Gasteiger partial charge >= 0.3 is 6.03 Å². The van der Waals surface area contributed by atoms with E-state index in [1.165, 1.54) is 28.0 Å². The quantitative estimate of drug-likeness (QED) is 0.0322. The number of likely N-dealkylation sites (tertiary alicyclic amines) is 1. The Hall–Kier alpha value is -7.02. The van der Waals surface area contributed by atoms with Crippen molar-refractivity contribution in [2.45, 2.75) is 76.4 Å². The molecule has 1 saturated carbocycles. The van der Waals surface area contributed by atoms with E-state index in [2.05, 4.69) is 37.4 Å². The third kappa shape index (κ3) is 14.7. The van der Waals surface area contributed by atoms with Crippen LogP contribution in [0.25, 0.3) is 44.1 Å². The van der Waals surface area contributed by atoms with Crippen molar-refractivity contribution in [2.24, 2.45) is 11.7 Å². The Morgan fingerprint density at radius 2 is 1.55 bits per heavy atom. The number of piperazine rings is 1. The van der Waals surface area contributed by atoms with Crippen LogP contribution in [-0.2, 0) is 28.6 Å². The highest BCUT2D eigenvalue weighted by Crippen LogP contribution is 2.44. The highest BCUT2D eigenvalue weighted by Gasteiger charge is 2.40. The molecule has 2 saturated heterocycles. The van der Waals surface area contributed by atoms with Gasteiger partial charge < -0.3 is 65.3 Å². The van der Waals surface area contributed by atoms with E-state index >= 15 is 8.78 Å². The van der Waals surface area contributed by atoms with E-state index in [-0.39, 0.29) is 89.8 Å². The lowest BCUT2D eigenvalue weighted by molar-refractivity contribution is -0.139. The van der Waals surface area contributed by atoms with Gasteiger partial charge in [0.25, 0.3) is 0 Å². The molecule has 450 valence electrons. The van der Waals surface area contributed by atoms with Crippen molar-refractivity contribution >= 4 is 80.1 Å². The second-order valence-corrected chi connectivity index (χ2v) is 22.5. The van der Waals surface area contributed by atoms with Crippen molar-refractivity contribution in [2.75, 3.05) is 116 Å². The third-order valence-corrected chi connectivity index (χ3v) is 17.1. The highest BCUT2D eigenvalue weighted by atomic mass is 35.5. The van der Waals surface area contributed by atoms with E-state index in [0.29, 0.717) is 71.6 Å². The van der Waals surface area contributed by atoms with Crippen molar-refractivity contribution in [3.63, 3.8) is 0 Å². The van der Waals surface area contributed by atoms with E-state index in [1.807, 2.05) is 47.1 Å². The standard InChI is InChI=1S/C60H74ClF2N11O9S/c1-37(65-2)56(77)68-53(38-11-5-4-6-12-38)58(78)74-22-10-16-46(74)57-67-45(36-84-57)40-18-19-48(41-14-8-7-13-39(40)41)83-34-33-82-32-31-81-30-29-80-28-27-71(3)49(76)20-21-66-60-69-54-42(55(70-60)72-23-25-73(26-24-72)59(64)79)35-43(61)50(52(54)63)51-44(62)15-9-17-47(51)75/h7-9,13-15,17-19,35-38,46,53,65,75H,4-6,10-12,16,20-34H2,1-3H3,(H2,64,79)(H,68,77)(H,66,69,70)/t37-,46-,53-/m0/s1. The fourth-order valence-corrected chi connectivity index (χ4v) is 12.3. The molecule has 0 bridgehead atoms. The lowest BCUT2D eigenvalue weighted by Crippen LogP contribution is -2.55. The first kappa shape index (κ1) is 61.5. The third-order valence-electron chi connectivity index (χ3n) is 15.9. The average molecular weight is 1200 g/mol. The molecule has 84 heavy (non-hydrogen) atoms. The number of aromatic hydroxyl groups is 1. The van der Waals surface area contributed by atoms with E-state index in [1.54, 1.807) is 25.4 Å². The molecule has 20 nitrogen and oxygen atoms in total. The first-order valence-electron chi connectivity index (χ1n) is 28.8. The van der Waals surface area contributed by atoms with Gasteiger partial charge in [-0.3, -0.25) is 14.4 Å². The molecule has 9 rings (SSSR count). The summed E-state index contributed by atoms with van der Waals surface area (Å²) in [4.78, 5) is 73.4. The van der Waals surface area contributed by atoms with E-state index < -0.39 is 41.1 Å². The van der Waals surface area contributed by atoms with Crippen LogP contribution in [0.2, 0.25) is 5.02 Å². The van der Waals surface area contributed by atoms with Crippen molar-refractivity contribution in [1.82, 2.24) is 40.3 Å². The highest BCUT2D eigenvalue weighted by molar-refractivity contribution is 7.10. The van der Waals surface area contributed by atoms with Crippen LogP contribution in [0.15, 0.2) is 66.0 Å². The minimum Gasteiger partial charge on any atom is -0.507 e. The Morgan fingerprint density at radius 3 is 2.26 bits per heavy atom. The molecule has 5 amide bonds. The van der Waals surface area contributed by atoms with Crippen LogP contribution in [0.4, 0.5) is 25.3 Å². The van der Waals surface area contributed by atoms with Gasteiger partial charge in [0.15, 0.2) is 5.82 Å². The zero-order chi connectivity index (χ0) is 59.3. The minimum absolute atomic E-state index is 0.00315. The number of primary amides is 1. The summed E-state index contributed by atoms with van der Waals surface area (Å²) in [6.07, 6.45) is 6.89. The lowest BCUT2D eigenvalue weighted by atomic mass is 9.83. The molecule has 3 fully saturated rings. The number of phenolic OH excluding ortho intramolecular Hbond substituents is 1. The summed E-state index contributed by atoms with van der Waals surface area (Å²) in [5.41, 5.74) is 6.35. The van der Waals surface area contributed by atoms with E-state index in [4.69, 9.17) is 41.3 Å². The van der Waals surface area contributed by atoms with Gasteiger partial charge in [-0.05, 0) is 81.3 Å². The zero-order valence-corrected chi connectivity index (χ0v) is 49.3. The van der Waals surface area contributed by atoms with Gasteiger partial charge in [-0.15, -0.1) is 11.3 Å². The van der Waals surface area contributed by atoms with Crippen LogP contribution in [-0.4, -0.2) is 177 Å². The van der Waals surface area contributed by atoms with Crippen LogP contribution >= 0.6 is 22.9 Å². The predicted molar refractivity (Wildman–Crippen MR) is 319 cm³/mol. The Labute approximate surface area is 496 Å². The number of carbonyl (C=O) groups is 4. The van der Waals surface area contributed by atoms with Gasteiger partial charge in [0.2, 0.25) is 23.7 Å². The summed E-state index contributed by atoms with van der Waals surface area (Å²) in [7, 11) is 3.41. The number of anilines is 2. The van der Waals surface area contributed by atoms with Gasteiger partial charge in [0.1, 0.15) is 46.3 Å². The van der Waals surface area contributed by atoms with Crippen LogP contribution in [0, 0.1) is 17.6 Å². The number of thiazole rings is 1. The van der Waals surface area contributed by atoms with Crippen molar-refractivity contribution in [1.29, 1.82) is 0 Å². The van der Waals surface area contributed by atoms with Gasteiger partial charge in [-0.25, -0.2) is 23.5 Å². The number of nitrogens with zero attached hydrogens (tertiary/aromatic N) is 7. The summed E-state index contributed by atoms with van der Waals surface area (Å²) in [5, 5.41) is 24.7. The number of rotatable bonds is 26. The molecule has 4 heterocycles. The summed E-state index contributed by atoms with van der Waals surface area (Å²) in [6.45, 7) is 6.39. The van der Waals surface area contributed by atoms with Gasteiger partial charge in [-0.1, -0.05) is 61.2 Å². The molecule has 3 aliphatic rings. The number of halogens is 3. The number of benzene rings is 4. The van der Waals surface area contributed by atoms with Gasteiger partial charge in [0, 0.05) is 86.6 Å². The second-order valence-electron chi connectivity index (χ2n) is 21.3. The SMILES string of the molecule is CN[C@@H](C)C(=O)N[C@H](C(=O)N1CCC[C@H]1c1nc(-c2ccc(OCCOCCOCCOCCN(C)C(=O)CCNc3nc(N4CCN(C(N)=O)CC4)c4cc(Cl)c(-c5c(O)cccc5F)c(F)c4n3)c3ccccc23)cs1)C1CCCCC1. The van der Waals surface area contributed by atoms with E-state index in [0.717, 1.165) is 83.8 Å². The molecule has 1 aliphatic carbocycles. The molecule has 2 aromatic heterocycles. The molecule has 0 unspecified atom stereocenters. The topological polar surface area (TPSA) is 239 Å². The zero-order valence-electron chi connectivity index (χ0n) is 47.7. The molecule has 0 spiro atoms. The number of hydrogen-bond acceptors (Lipinski definition) is 16.